The van der Waals surface area contributed by atoms with E-state index >= 15 is 0 Å². The first-order chi connectivity index (χ1) is 12.8. The van der Waals surface area contributed by atoms with E-state index in [2.05, 4.69) is 40.1 Å². The molecule has 0 radical (unpaired) electrons. The molecular formula is C23H34N2O. The summed E-state index contributed by atoms with van der Waals surface area (Å²) < 4.78 is 0. The lowest BCUT2D eigenvalue weighted by Gasteiger charge is -2.41. The Labute approximate surface area is 158 Å². The summed E-state index contributed by atoms with van der Waals surface area (Å²) in [4.78, 5) is 18.4. The third-order valence-corrected chi connectivity index (χ3v) is 6.98. The molecule has 3 aliphatic rings. The number of amides is 1. The van der Waals surface area contributed by atoms with Gasteiger partial charge in [-0.25, -0.2) is 0 Å². The summed E-state index contributed by atoms with van der Waals surface area (Å²) in [6.45, 7) is 4.45. The SMILES string of the molecule is O=C(C(c1ccccc1)C1CCCC1)N1CCC(N2CCCCC2)CC1. The van der Waals surface area contributed by atoms with Crippen molar-refractivity contribution in [2.75, 3.05) is 26.2 Å². The Morgan fingerprint density at radius 2 is 1.46 bits per heavy atom. The molecule has 1 amide bonds. The molecule has 2 aliphatic heterocycles. The Morgan fingerprint density at radius 3 is 2.12 bits per heavy atom. The van der Waals surface area contributed by atoms with E-state index in [4.69, 9.17) is 0 Å². The second kappa shape index (κ2) is 8.56. The summed E-state index contributed by atoms with van der Waals surface area (Å²) >= 11 is 0. The maximum Gasteiger partial charge on any atom is 0.230 e. The van der Waals surface area contributed by atoms with E-state index in [1.807, 2.05) is 0 Å². The van der Waals surface area contributed by atoms with E-state index in [1.165, 1.54) is 63.6 Å². The molecule has 1 saturated carbocycles. The lowest BCUT2D eigenvalue weighted by Crippen LogP contribution is -2.49. The van der Waals surface area contributed by atoms with Crippen LogP contribution in [0.25, 0.3) is 0 Å². The van der Waals surface area contributed by atoms with Crippen LogP contribution in [-0.4, -0.2) is 47.9 Å². The summed E-state index contributed by atoms with van der Waals surface area (Å²) in [7, 11) is 0. The molecule has 2 saturated heterocycles. The largest absolute Gasteiger partial charge is 0.342 e. The number of benzene rings is 1. The van der Waals surface area contributed by atoms with Crippen molar-refractivity contribution in [3.63, 3.8) is 0 Å². The van der Waals surface area contributed by atoms with Crippen molar-refractivity contribution in [1.29, 1.82) is 0 Å². The van der Waals surface area contributed by atoms with Crippen LogP contribution in [0, 0.1) is 5.92 Å². The second-order valence-electron chi connectivity index (χ2n) is 8.59. The predicted octanol–water partition coefficient (Wildman–Crippen LogP) is 4.44. The number of rotatable bonds is 4. The van der Waals surface area contributed by atoms with Crippen molar-refractivity contribution >= 4 is 5.91 Å². The van der Waals surface area contributed by atoms with Crippen LogP contribution in [0.5, 0.6) is 0 Å². The molecule has 3 heteroatoms. The molecule has 0 N–H and O–H groups in total. The summed E-state index contributed by atoms with van der Waals surface area (Å²) in [6.07, 6.45) is 11.5. The van der Waals surface area contributed by atoms with Crippen molar-refractivity contribution in [1.82, 2.24) is 9.80 Å². The van der Waals surface area contributed by atoms with Crippen LogP contribution in [0.2, 0.25) is 0 Å². The van der Waals surface area contributed by atoms with Crippen LogP contribution < -0.4 is 0 Å². The number of likely N-dealkylation sites (tertiary alicyclic amines) is 2. The van der Waals surface area contributed by atoms with Crippen LogP contribution in [-0.2, 0) is 4.79 Å². The van der Waals surface area contributed by atoms with Crippen molar-refractivity contribution in [3.05, 3.63) is 35.9 Å². The molecule has 1 aliphatic carbocycles. The zero-order valence-electron chi connectivity index (χ0n) is 16.1. The molecule has 1 aromatic carbocycles. The molecule has 0 bridgehead atoms. The van der Waals surface area contributed by atoms with Crippen LogP contribution >= 0.6 is 0 Å². The molecule has 142 valence electrons. The Morgan fingerprint density at radius 1 is 0.808 bits per heavy atom. The molecule has 3 fully saturated rings. The number of nitrogens with zero attached hydrogens (tertiary/aromatic N) is 2. The van der Waals surface area contributed by atoms with Gasteiger partial charge in [0.05, 0.1) is 5.92 Å². The predicted molar refractivity (Wildman–Crippen MR) is 106 cm³/mol. The maximum absolute atomic E-state index is 13.5. The standard InChI is InChI=1S/C23H34N2O/c26-23(22(20-11-5-6-12-20)19-9-3-1-4-10-19)25-17-13-21(14-18-25)24-15-7-2-8-16-24/h1,3-4,9-10,20-22H,2,5-8,11-18H2. The molecular weight excluding hydrogens is 320 g/mol. The fraction of sp³-hybridized carbons (Fsp3) is 0.696. The Balaban J connectivity index is 1.41. The Hall–Kier alpha value is -1.35. The number of carbonyl (C=O) groups excluding carboxylic acids is 1. The normalized spacial score (nSPS) is 24.7. The number of hydrogen-bond acceptors (Lipinski definition) is 2. The van der Waals surface area contributed by atoms with Gasteiger partial charge >= 0.3 is 0 Å². The van der Waals surface area contributed by atoms with Crippen LogP contribution in [0.3, 0.4) is 0 Å². The van der Waals surface area contributed by atoms with E-state index in [9.17, 15) is 4.79 Å². The number of carbonyl (C=O) groups is 1. The Kier molecular flexibility index (Phi) is 5.94. The van der Waals surface area contributed by atoms with Crippen molar-refractivity contribution in [2.45, 2.75) is 69.7 Å². The molecule has 0 aromatic heterocycles. The lowest BCUT2D eigenvalue weighted by atomic mass is 9.83. The van der Waals surface area contributed by atoms with Crippen molar-refractivity contribution in [3.8, 4) is 0 Å². The second-order valence-corrected chi connectivity index (χ2v) is 8.59. The smallest absolute Gasteiger partial charge is 0.230 e. The van der Waals surface area contributed by atoms with Crippen molar-refractivity contribution < 1.29 is 4.79 Å². The van der Waals surface area contributed by atoms with Gasteiger partial charge in [-0.1, -0.05) is 49.6 Å². The minimum Gasteiger partial charge on any atom is -0.342 e. The van der Waals surface area contributed by atoms with Gasteiger partial charge in [-0.3, -0.25) is 4.79 Å². The average Bonchev–Trinajstić information content (AvgIpc) is 3.24. The molecule has 2 heterocycles. The fourth-order valence-electron chi connectivity index (χ4n) is 5.50. The quantitative estimate of drug-likeness (QED) is 0.798. The first-order valence-electron chi connectivity index (χ1n) is 10.9. The van der Waals surface area contributed by atoms with Crippen LogP contribution in [0.4, 0.5) is 0 Å². The average molecular weight is 355 g/mol. The highest BCUT2D eigenvalue weighted by atomic mass is 16.2. The summed E-state index contributed by atoms with van der Waals surface area (Å²) in [5.74, 6) is 1.04. The molecule has 4 rings (SSSR count). The van der Waals surface area contributed by atoms with Gasteiger partial charge < -0.3 is 9.80 Å². The molecule has 3 nitrogen and oxygen atoms in total. The Bertz CT molecular complexity index is 567. The summed E-state index contributed by atoms with van der Waals surface area (Å²) in [5.41, 5.74) is 1.24. The number of piperidine rings is 2. The first-order valence-corrected chi connectivity index (χ1v) is 10.9. The monoisotopic (exact) mass is 354 g/mol. The van der Waals surface area contributed by atoms with Crippen LogP contribution in [0.15, 0.2) is 30.3 Å². The topological polar surface area (TPSA) is 23.6 Å². The maximum atomic E-state index is 13.5. The van der Waals surface area contributed by atoms with Gasteiger partial charge in [-0.05, 0) is 63.1 Å². The molecule has 1 unspecified atom stereocenters. The number of hydrogen-bond donors (Lipinski definition) is 0. The van der Waals surface area contributed by atoms with E-state index in [0.29, 0.717) is 17.9 Å². The van der Waals surface area contributed by atoms with E-state index in [-0.39, 0.29) is 5.92 Å². The first kappa shape index (κ1) is 18.0. The van der Waals surface area contributed by atoms with Gasteiger partial charge in [-0.2, -0.15) is 0 Å². The van der Waals surface area contributed by atoms with Crippen LogP contribution in [0.1, 0.15) is 69.3 Å². The zero-order chi connectivity index (χ0) is 17.8. The third kappa shape index (κ3) is 3.98. The van der Waals surface area contributed by atoms with E-state index in [0.717, 1.165) is 25.9 Å². The highest BCUT2D eigenvalue weighted by Gasteiger charge is 2.36. The molecule has 1 aromatic rings. The highest BCUT2D eigenvalue weighted by Crippen LogP contribution is 2.39. The van der Waals surface area contributed by atoms with Gasteiger partial charge in [0.2, 0.25) is 5.91 Å². The van der Waals surface area contributed by atoms with E-state index < -0.39 is 0 Å². The lowest BCUT2D eigenvalue weighted by molar-refractivity contribution is -0.135. The molecule has 0 spiro atoms. The van der Waals surface area contributed by atoms with Crippen molar-refractivity contribution in [2.24, 2.45) is 5.92 Å². The van der Waals surface area contributed by atoms with Gasteiger partial charge in [0.25, 0.3) is 0 Å². The minimum absolute atomic E-state index is 0.0882. The van der Waals surface area contributed by atoms with Gasteiger partial charge in [0, 0.05) is 19.1 Å². The van der Waals surface area contributed by atoms with Gasteiger partial charge in [0.15, 0.2) is 0 Å². The minimum atomic E-state index is 0.0882. The van der Waals surface area contributed by atoms with Gasteiger partial charge in [-0.15, -0.1) is 0 Å². The summed E-state index contributed by atoms with van der Waals surface area (Å²) in [6, 6.07) is 11.3. The highest BCUT2D eigenvalue weighted by molar-refractivity contribution is 5.84. The molecule has 1 atom stereocenters. The molecule has 26 heavy (non-hydrogen) atoms. The summed E-state index contributed by atoms with van der Waals surface area (Å²) in [5, 5.41) is 0. The van der Waals surface area contributed by atoms with Gasteiger partial charge in [0.1, 0.15) is 0 Å². The third-order valence-electron chi connectivity index (χ3n) is 6.98. The fourth-order valence-corrected chi connectivity index (χ4v) is 5.50. The van der Waals surface area contributed by atoms with E-state index in [1.54, 1.807) is 0 Å². The zero-order valence-corrected chi connectivity index (χ0v) is 16.1.